The van der Waals surface area contributed by atoms with Crippen molar-refractivity contribution in [1.82, 2.24) is 5.43 Å². The molecule has 0 aliphatic rings. The van der Waals surface area contributed by atoms with Gasteiger partial charge in [-0.3, -0.25) is 4.79 Å². The molecule has 4 heteroatoms. The van der Waals surface area contributed by atoms with E-state index in [9.17, 15) is 4.79 Å². The predicted molar refractivity (Wildman–Crippen MR) is 118 cm³/mol. The van der Waals surface area contributed by atoms with Gasteiger partial charge in [0.15, 0.2) is 0 Å². The fraction of sp³-hybridized carbons (Fsp3) is 0.652. The lowest BCUT2D eigenvalue weighted by Crippen LogP contribution is -2.21. The smallest absolute Gasteiger partial charge is 0.240 e. The van der Waals surface area contributed by atoms with Gasteiger partial charge in [0.25, 0.3) is 0 Å². The number of amides is 1. The first-order valence-electron chi connectivity index (χ1n) is 10.9. The highest BCUT2D eigenvalue weighted by atomic mass is 16.2. The van der Waals surface area contributed by atoms with Gasteiger partial charge in [0.2, 0.25) is 5.91 Å². The van der Waals surface area contributed by atoms with Crippen molar-refractivity contribution in [1.29, 1.82) is 0 Å². The second-order valence-corrected chi connectivity index (χ2v) is 7.14. The van der Waals surface area contributed by atoms with Crippen molar-refractivity contribution in [2.75, 3.05) is 18.0 Å². The zero-order chi connectivity index (χ0) is 19.7. The number of nitrogens with one attached hydrogen (secondary N) is 1. The van der Waals surface area contributed by atoms with Crippen molar-refractivity contribution in [3.05, 3.63) is 29.8 Å². The van der Waals surface area contributed by atoms with Crippen molar-refractivity contribution in [2.24, 2.45) is 5.10 Å². The van der Waals surface area contributed by atoms with Crippen LogP contribution < -0.4 is 10.3 Å². The van der Waals surface area contributed by atoms with E-state index in [1.54, 1.807) is 6.21 Å². The Bertz CT molecular complexity index is 521. The topological polar surface area (TPSA) is 44.7 Å². The van der Waals surface area contributed by atoms with Gasteiger partial charge in [0.05, 0.1) is 6.21 Å². The SMILES string of the molecule is CCCCCCCCCCCC(=O)N/N=C/c1ccc(N(CC)CC)cc1. The van der Waals surface area contributed by atoms with Gasteiger partial charge >= 0.3 is 0 Å². The molecule has 0 fully saturated rings. The predicted octanol–water partition coefficient (Wildman–Crippen LogP) is 5.90. The largest absolute Gasteiger partial charge is 0.372 e. The third kappa shape index (κ3) is 10.8. The molecule has 0 aliphatic carbocycles. The molecule has 0 spiro atoms. The fourth-order valence-electron chi connectivity index (χ4n) is 3.19. The number of benzene rings is 1. The molecule has 0 saturated carbocycles. The van der Waals surface area contributed by atoms with E-state index in [0.29, 0.717) is 6.42 Å². The van der Waals surface area contributed by atoms with Gasteiger partial charge in [-0.05, 0) is 38.0 Å². The first-order valence-corrected chi connectivity index (χ1v) is 10.9. The van der Waals surface area contributed by atoms with Crippen molar-refractivity contribution < 1.29 is 4.79 Å². The lowest BCUT2D eigenvalue weighted by molar-refractivity contribution is -0.121. The molecule has 1 amide bonds. The molecule has 4 nitrogen and oxygen atoms in total. The van der Waals surface area contributed by atoms with Crippen LogP contribution in [0, 0.1) is 0 Å². The Morgan fingerprint density at radius 1 is 0.889 bits per heavy atom. The third-order valence-electron chi connectivity index (χ3n) is 4.93. The van der Waals surface area contributed by atoms with Crippen molar-refractivity contribution >= 4 is 17.8 Å². The molecular formula is C23H39N3O. The van der Waals surface area contributed by atoms with E-state index < -0.39 is 0 Å². The van der Waals surface area contributed by atoms with Gasteiger partial charge in [0, 0.05) is 25.2 Å². The average molecular weight is 374 g/mol. The highest BCUT2D eigenvalue weighted by Crippen LogP contribution is 2.14. The number of anilines is 1. The molecule has 1 N–H and O–H groups in total. The van der Waals surface area contributed by atoms with Gasteiger partial charge in [-0.2, -0.15) is 5.10 Å². The summed E-state index contributed by atoms with van der Waals surface area (Å²) in [7, 11) is 0. The van der Waals surface area contributed by atoms with Crippen molar-refractivity contribution in [3.63, 3.8) is 0 Å². The number of rotatable bonds is 15. The van der Waals surface area contributed by atoms with Crippen molar-refractivity contribution in [3.8, 4) is 0 Å². The minimum Gasteiger partial charge on any atom is -0.372 e. The number of hydrazone groups is 1. The van der Waals surface area contributed by atoms with Gasteiger partial charge in [-0.25, -0.2) is 5.43 Å². The Balaban J connectivity index is 2.13. The summed E-state index contributed by atoms with van der Waals surface area (Å²) in [5.41, 5.74) is 4.85. The van der Waals surface area contributed by atoms with E-state index >= 15 is 0 Å². The van der Waals surface area contributed by atoms with Crippen LogP contribution in [0.1, 0.15) is 90.5 Å². The highest BCUT2D eigenvalue weighted by molar-refractivity contribution is 5.82. The summed E-state index contributed by atoms with van der Waals surface area (Å²) in [5, 5.41) is 4.08. The van der Waals surface area contributed by atoms with E-state index in [4.69, 9.17) is 0 Å². The van der Waals surface area contributed by atoms with Crippen LogP contribution in [-0.4, -0.2) is 25.2 Å². The van der Waals surface area contributed by atoms with Crippen molar-refractivity contribution in [2.45, 2.75) is 85.0 Å². The van der Waals surface area contributed by atoms with Gasteiger partial charge in [-0.1, -0.05) is 70.4 Å². The Kier molecular flexibility index (Phi) is 13.1. The molecule has 0 atom stereocenters. The molecular weight excluding hydrogens is 334 g/mol. The molecule has 0 unspecified atom stereocenters. The summed E-state index contributed by atoms with van der Waals surface area (Å²) in [4.78, 5) is 14.1. The molecule has 0 bridgehead atoms. The van der Waals surface area contributed by atoms with Crippen LogP contribution in [-0.2, 0) is 4.79 Å². The molecule has 0 heterocycles. The van der Waals surface area contributed by atoms with E-state index in [2.05, 4.69) is 48.3 Å². The number of hydrogen-bond donors (Lipinski definition) is 1. The second kappa shape index (κ2) is 15.2. The first kappa shape index (κ1) is 23.2. The quantitative estimate of drug-likeness (QED) is 0.236. The average Bonchev–Trinajstić information content (AvgIpc) is 2.69. The normalized spacial score (nSPS) is 11.1. The van der Waals surface area contributed by atoms with Crippen LogP contribution in [0.15, 0.2) is 29.4 Å². The Morgan fingerprint density at radius 3 is 2.00 bits per heavy atom. The lowest BCUT2D eigenvalue weighted by atomic mass is 10.1. The number of carbonyl (C=O) groups excluding carboxylic acids is 1. The maximum absolute atomic E-state index is 11.8. The standard InChI is InChI=1S/C23H39N3O/c1-4-7-8-9-10-11-12-13-14-15-23(27)25-24-20-21-16-18-22(19-17-21)26(5-2)6-3/h16-20H,4-15H2,1-3H3,(H,25,27)/b24-20+. The zero-order valence-corrected chi connectivity index (χ0v) is 17.7. The number of nitrogens with zero attached hydrogens (tertiary/aromatic N) is 2. The van der Waals surface area contributed by atoms with Gasteiger partial charge in [0.1, 0.15) is 0 Å². The van der Waals surface area contributed by atoms with Crippen LogP contribution in [0.4, 0.5) is 5.69 Å². The first-order chi connectivity index (χ1) is 13.2. The van der Waals surface area contributed by atoms with E-state index in [1.165, 1.54) is 50.6 Å². The highest BCUT2D eigenvalue weighted by Gasteiger charge is 2.01. The molecule has 0 aliphatic heterocycles. The van der Waals surface area contributed by atoms with E-state index in [-0.39, 0.29) is 5.91 Å². The van der Waals surface area contributed by atoms with Crippen LogP contribution >= 0.6 is 0 Å². The van der Waals surface area contributed by atoms with E-state index in [1.807, 2.05) is 12.1 Å². The van der Waals surface area contributed by atoms with E-state index in [0.717, 1.165) is 31.5 Å². The minimum absolute atomic E-state index is 0.00829. The summed E-state index contributed by atoms with van der Waals surface area (Å²) < 4.78 is 0. The molecule has 0 saturated heterocycles. The number of hydrogen-bond acceptors (Lipinski definition) is 3. The molecule has 1 aromatic carbocycles. The second-order valence-electron chi connectivity index (χ2n) is 7.14. The van der Waals surface area contributed by atoms with Gasteiger partial charge in [-0.15, -0.1) is 0 Å². The van der Waals surface area contributed by atoms with Crippen LogP contribution in [0.5, 0.6) is 0 Å². The summed E-state index contributed by atoms with van der Waals surface area (Å²) in [6, 6.07) is 8.25. The zero-order valence-electron chi connectivity index (χ0n) is 17.7. The molecule has 0 radical (unpaired) electrons. The summed E-state index contributed by atoms with van der Waals surface area (Å²) in [6.07, 6.45) is 13.6. The van der Waals surface area contributed by atoms with Gasteiger partial charge < -0.3 is 4.90 Å². The van der Waals surface area contributed by atoms with Crippen LogP contribution in [0.25, 0.3) is 0 Å². The molecule has 1 rings (SSSR count). The molecule has 0 aromatic heterocycles. The maximum atomic E-state index is 11.8. The fourth-order valence-corrected chi connectivity index (χ4v) is 3.19. The minimum atomic E-state index is 0.00829. The summed E-state index contributed by atoms with van der Waals surface area (Å²) in [6.45, 7) is 8.56. The monoisotopic (exact) mass is 373 g/mol. The lowest BCUT2D eigenvalue weighted by Gasteiger charge is -2.20. The molecule has 1 aromatic rings. The number of carbonyl (C=O) groups is 1. The Morgan fingerprint density at radius 2 is 1.44 bits per heavy atom. The van der Waals surface area contributed by atoms with Crippen LogP contribution in [0.3, 0.4) is 0 Å². The van der Waals surface area contributed by atoms with Crippen LogP contribution in [0.2, 0.25) is 0 Å². The maximum Gasteiger partial charge on any atom is 0.240 e. The molecule has 27 heavy (non-hydrogen) atoms. The third-order valence-corrected chi connectivity index (χ3v) is 4.93. The summed E-state index contributed by atoms with van der Waals surface area (Å²) >= 11 is 0. The Hall–Kier alpha value is -1.84. The Labute approximate surface area is 166 Å². The molecule has 152 valence electrons. The number of unbranched alkanes of at least 4 members (excludes halogenated alkanes) is 8. The summed E-state index contributed by atoms with van der Waals surface area (Å²) in [5.74, 6) is 0.00829.